The number of methoxy groups -OCH3 is 1. The van der Waals surface area contributed by atoms with Crippen LogP contribution in [0.5, 0.6) is 0 Å². The lowest BCUT2D eigenvalue weighted by molar-refractivity contribution is -0.140. The summed E-state index contributed by atoms with van der Waals surface area (Å²) in [5.74, 6) is -0.831. The number of nitrogens with zero attached hydrogens (tertiary/aromatic N) is 1. The first-order chi connectivity index (χ1) is 8.42. The second-order valence-electron chi connectivity index (χ2n) is 3.95. The molecular weight excluding hydrogens is 258 g/mol. The molecule has 18 heavy (non-hydrogen) atoms. The molecule has 0 aliphatic heterocycles. The molecule has 0 aromatic heterocycles. The lowest BCUT2D eigenvalue weighted by Crippen LogP contribution is -2.43. The van der Waals surface area contributed by atoms with Gasteiger partial charge in [0, 0.05) is 12.6 Å². The van der Waals surface area contributed by atoms with Gasteiger partial charge in [-0.1, -0.05) is 13.8 Å². The summed E-state index contributed by atoms with van der Waals surface area (Å²) in [6.07, 6.45) is 1.18. The Morgan fingerprint density at radius 3 is 2.28 bits per heavy atom. The third-order valence-corrected chi connectivity index (χ3v) is 4.73. The second-order valence-corrected chi connectivity index (χ2v) is 5.99. The average molecular weight is 281 g/mol. The Morgan fingerprint density at radius 2 is 1.89 bits per heavy atom. The van der Waals surface area contributed by atoms with Crippen molar-refractivity contribution in [1.29, 1.82) is 0 Å². The number of hydrogen-bond donors (Lipinski definition) is 1. The van der Waals surface area contributed by atoms with Crippen molar-refractivity contribution in [3.63, 3.8) is 0 Å². The molecule has 0 aliphatic rings. The van der Waals surface area contributed by atoms with E-state index in [0.29, 0.717) is 12.8 Å². The fourth-order valence-corrected chi connectivity index (χ4v) is 3.55. The Hall–Kier alpha value is -0.660. The molecule has 0 radical (unpaired) electrons. The molecule has 0 bridgehead atoms. The lowest BCUT2D eigenvalue weighted by atomic mass is 10.2. The standard InChI is InChI=1S/C11H23NO5S/c1-4-10(5-2)12(7-8-13)18(15,16)9-6-11(14)17-3/h10,13H,4-9H2,1-3H3. The third-order valence-electron chi connectivity index (χ3n) is 2.82. The van der Waals surface area contributed by atoms with Crippen LogP contribution in [0.4, 0.5) is 0 Å². The number of carbonyl (C=O) groups is 1. The van der Waals surface area contributed by atoms with Crippen molar-refractivity contribution < 1.29 is 23.1 Å². The number of esters is 1. The predicted octanol–water partition coefficient (Wildman–Crippen LogP) is 0.362. The Bertz CT molecular complexity index is 337. The van der Waals surface area contributed by atoms with Crippen molar-refractivity contribution in [3.8, 4) is 0 Å². The van der Waals surface area contributed by atoms with Crippen molar-refractivity contribution in [2.24, 2.45) is 0 Å². The van der Waals surface area contributed by atoms with Crippen LogP contribution in [0.15, 0.2) is 0 Å². The molecule has 0 unspecified atom stereocenters. The van der Waals surface area contributed by atoms with Crippen molar-refractivity contribution in [2.75, 3.05) is 26.0 Å². The minimum Gasteiger partial charge on any atom is -0.469 e. The number of ether oxygens (including phenoxy) is 1. The van der Waals surface area contributed by atoms with Gasteiger partial charge in [-0.2, -0.15) is 4.31 Å². The van der Waals surface area contributed by atoms with Crippen LogP contribution in [0, 0.1) is 0 Å². The van der Waals surface area contributed by atoms with E-state index in [-0.39, 0.29) is 31.4 Å². The van der Waals surface area contributed by atoms with E-state index in [2.05, 4.69) is 4.74 Å². The molecule has 0 saturated carbocycles. The summed E-state index contributed by atoms with van der Waals surface area (Å²) >= 11 is 0. The highest BCUT2D eigenvalue weighted by molar-refractivity contribution is 7.89. The molecule has 0 heterocycles. The highest BCUT2D eigenvalue weighted by Gasteiger charge is 2.28. The first kappa shape index (κ1) is 17.3. The second kappa shape index (κ2) is 8.44. The van der Waals surface area contributed by atoms with E-state index in [1.165, 1.54) is 11.4 Å². The van der Waals surface area contributed by atoms with Gasteiger partial charge in [0.2, 0.25) is 10.0 Å². The van der Waals surface area contributed by atoms with Crippen molar-refractivity contribution in [2.45, 2.75) is 39.2 Å². The summed E-state index contributed by atoms with van der Waals surface area (Å²) in [5, 5.41) is 8.97. The number of carbonyl (C=O) groups excluding carboxylic acids is 1. The molecule has 0 aliphatic carbocycles. The van der Waals surface area contributed by atoms with Crippen LogP contribution in [0.2, 0.25) is 0 Å². The quantitative estimate of drug-likeness (QED) is 0.617. The lowest BCUT2D eigenvalue weighted by Gasteiger charge is -2.28. The van der Waals surface area contributed by atoms with E-state index in [4.69, 9.17) is 5.11 Å². The van der Waals surface area contributed by atoms with Crippen LogP contribution in [-0.2, 0) is 19.6 Å². The van der Waals surface area contributed by atoms with Gasteiger partial charge in [0.1, 0.15) is 0 Å². The minimum atomic E-state index is -3.54. The smallest absolute Gasteiger partial charge is 0.306 e. The van der Waals surface area contributed by atoms with E-state index < -0.39 is 16.0 Å². The molecular formula is C11H23NO5S. The van der Waals surface area contributed by atoms with Crippen molar-refractivity contribution in [1.82, 2.24) is 4.31 Å². The van der Waals surface area contributed by atoms with Crippen LogP contribution in [0.25, 0.3) is 0 Å². The zero-order chi connectivity index (χ0) is 14.2. The highest BCUT2D eigenvalue weighted by Crippen LogP contribution is 2.14. The normalized spacial score (nSPS) is 12.1. The van der Waals surface area contributed by atoms with Gasteiger partial charge in [0.05, 0.1) is 25.9 Å². The predicted molar refractivity (Wildman–Crippen MR) is 68.6 cm³/mol. The fraction of sp³-hybridized carbons (Fsp3) is 0.909. The van der Waals surface area contributed by atoms with Crippen LogP contribution in [0.3, 0.4) is 0 Å². The number of aliphatic hydroxyl groups excluding tert-OH is 1. The zero-order valence-corrected chi connectivity index (χ0v) is 12.1. The van der Waals surface area contributed by atoms with E-state index in [0.717, 1.165) is 0 Å². The van der Waals surface area contributed by atoms with Gasteiger partial charge in [0.15, 0.2) is 0 Å². The third kappa shape index (κ3) is 5.32. The first-order valence-corrected chi connectivity index (χ1v) is 7.71. The van der Waals surface area contributed by atoms with E-state index in [1.807, 2.05) is 13.8 Å². The number of aliphatic hydroxyl groups is 1. The van der Waals surface area contributed by atoms with E-state index >= 15 is 0 Å². The van der Waals surface area contributed by atoms with Gasteiger partial charge in [-0.05, 0) is 12.8 Å². The summed E-state index contributed by atoms with van der Waals surface area (Å²) in [7, 11) is -2.32. The molecule has 0 aromatic carbocycles. The Kier molecular flexibility index (Phi) is 8.13. The van der Waals surface area contributed by atoms with Crippen molar-refractivity contribution in [3.05, 3.63) is 0 Å². The maximum absolute atomic E-state index is 12.1. The molecule has 0 rings (SSSR count). The molecule has 0 atom stereocenters. The molecule has 7 heteroatoms. The van der Waals surface area contributed by atoms with Crippen LogP contribution in [0.1, 0.15) is 33.1 Å². The van der Waals surface area contributed by atoms with Crippen LogP contribution < -0.4 is 0 Å². The van der Waals surface area contributed by atoms with E-state index in [1.54, 1.807) is 0 Å². The molecule has 6 nitrogen and oxygen atoms in total. The molecule has 1 N–H and O–H groups in total. The van der Waals surface area contributed by atoms with Crippen LogP contribution >= 0.6 is 0 Å². The zero-order valence-electron chi connectivity index (χ0n) is 11.3. The topological polar surface area (TPSA) is 83.9 Å². The Morgan fingerprint density at radius 1 is 1.33 bits per heavy atom. The maximum atomic E-state index is 12.1. The summed E-state index contributed by atoms with van der Waals surface area (Å²) in [5.41, 5.74) is 0. The summed E-state index contributed by atoms with van der Waals surface area (Å²) in [6, 6.07) is -0.139. The Balaban J connectivity index is 4.80. The van der Waals surface area contributed by atoms with Gasteiger partial charge in [-0.15, -0.1) is 0 Å². The molecule has 0 fully saturated rings. The highest BCUT2D eigenvalue weighted by atomic mass is 32.2. The van der Waals surface area contributed by atoms with Crippen LogP contribution in [-0.4, -0.2) is 55.9 Å². The van der Waals surface area contributed by atoms with E-state index in [9.17, 15) is 13.2 Å². The van der Waals surface area contributed by atoms with Gasteiger partial charge in [0.25, 0.3) is 0 Å². The van der Waals surface area contributed by atoms with Gasteiger partial charge in [-0.3, -0.25) is 4.79 Å². The largest absolute Gasteiger partial charge is 0.469 e. The number of rotatable bonds is 9. The summed E-state index contributed by atoms with van der Waals surface area (Å²) < 4.78 is 29.9. The summed E-state index contributed by atoms with van der Waals surface area (Å²) in [6.45, 7) is 3.63. The van der Waals surface area contributed by atoms with Gasteiger partial charge < -0.3 is 9.84 Å². The van der Waals surface area contributed by atoms with Crippen molar-refractivity contribution >= 4 is 16.0 Å². The molecule has 0 amide bonds. The summed E-state index contributed by atoms with van der Waals surface area (Å²) in [4.78, 5) is 11.0. The fourth-order valence-electron chi connectivity index (χ4n) is 1.77. The molecule has 0 saturated heterocycles. The van der Waals surface area contributed by atoms with Gasteiger partial charge >= 0.3 is 5.97 Å². The average Bonchev–Trinajstić information content (AvgIpc) is 2.36. The molecule has 0 spiro atoms. The number of sulfonamides is 1. The molecule has 108 valence electrons. The maximum Gasteiger partial charge on any atom is 0.306 e. The van der Waals surface area contributed by atoms with Gasteiger partial charge in [-0.25, -0.2) is 8.42 Å². The monoisotopic (exact) mass is 281 g/mol. The molecule has 0 aromatic rings. The first-order valence-electron chi connectivity index (χ1n) is 6.10. The SMILES string of the molecule is CCC(CC)N(CCO)S(=O)(=O)CCC(=O)OC. The minimum absolute atomic E-state index is 0.0653. The Labute approximate surface area is 109 Å². The number of hydrogen-bond acceptors (Lipinski definition) is 5.